The van der Waals surface area contributed by atoms with E-state index in [4.69, 9.17) is 9.47 Å². The van der Waals surface area contributed by atoms with Gasteiger partial charge in [-0.05, 0) is 18.9 Å². The molecule has 1 saturated heterocycles. The summed E-state index contributed by atoms with van der Waals surface area (Å²) >= 11 is 0. The lowest BCUT2D eigenvalue weighted by molar-refractivity contribution is -0.384. The molecule has 1 aromatic carbocycles. The van der Waals surface area contributed by atoms with Crippen LogP contribution in [0, 0.1) is 16.0 Å². The van der Waals surface area contributed by atoms with Gasteiger partial charge in [-0.3, -0.25) is 10.1 Å². The van der Waals surface area contributed by atoms with Gasteiger partial charge >= 0.3 is 0 Å². The minimum Gasteiger partial charge on any atom is -0.496 e. The van der Waals surface area contributed by atoms with Crippen molar-refractivity contribution in [2.75, 3.05) is 20.3 Å². The molecular formula is C13H17NO5. The minimum atomic E-state index is -0.434. The van der Waals surface area contributed by atoms with Gasteiger partial charge in [0.2, 0.25) is 0 Å². The Kier molecular flexibility index (Phi) is 4.34. The Bertz CT molecular complexity index is 462. The molecule has 0 spiro atoms. The molecule has 0 radical (unpaired) electrons. The lowest BCUT2D eigenvalue weighted by atomic mass is 9.91. The minimum absolute atomic E-state index is 0.0296. The highest BCUT2D eigenvalue weighted by Crippen LogP contribution is 2.28. The molecule has 0 amide bonds. The second kappa shape index (κ2) is 5.99. The monoisotopic (exact) mass is 267 g/mol. The zero-order valence-corrected chi connectivity index (χ0v) is 10.7. The largest absolute Gasteiger partial charge is 0.496 e. The highest BCUT2D eigenvalue weighted by molar-refractivity contribution is 5.44. The summed E-state index contributed by atoms with van der Waals surface area (Å²) in [6.07, 6.45) is 0.672. The van der Waals surface area contributed by atoms with Crippen molar-refractivity contribution in [2.24, 2.45) is 5.92 Å². The topological polar surface area (TPSA) is 81.8 Å². The average Bonchev–Trinajstić information content (AvgIpc) is 2.41. The number of rotatable bonds is 4. The zero-order valence-electron chi connectivity index (χ0n) is 10.7. The van der Waals surface area contributed by atoms with Crippen LogP contribution in [0.15, 0.2) is 18.2 Å². The molecule has 2 unspecified atom stereocenters. The molecule has 0 bridgehead atoms. The summed E-state index contributed by atoms with van der Waals surface area (Å²) in [5, 5.41) is 20.7. The maximum absolute atomic E-state index is 10.8. The maximum atomic E-state index is 10.8. The quantitative estimate of drug-likeness (QED) is 0.661. The van der Waals surface area contributed by atoms with Crippen molar-refractivity contribution in [3.63, 3.8) is 0 Å². The normalized spacial score (nSPS) is 23.1. The van der Waals surface area contributed by atoms with E-state index in [-0.39, 0.29) is 11.6 Å². The molecule has 1 fully saturated rings. The number of non-ortho nitro benzene ring substituents is 1. The summed E-state index contributed by atoms with van der Waals surface area (Å²) in [5.41, 5.74) is 0.758. The Morgan fingerprint density at radius 2 is 2.37 bits per heavy atom. The third-order valence-corrected chi connectivity index (χ3v) is 3.39. The predicted molar refractivity (Wildman–Crippen MR) is 68.3 cm³/mol. The summed E-state index contributed by atoms with van der Waals surface area (Å²) < 4.78 is 10.6. The van der Waals surface area contributed by atoms with Gasteiger partial charge in [-0.15, -0.1) is 0 Å². The van der Waals surface area contributed by atoms with Crippen LogP contribution in [0.3, 0.4) is 0 Å². The van der Waals surface area contributed by atoms with Crippen LogP contribution in [0.2, 0.25) is 0 Å². The van der Waals surface area contributed by atoms with Crippen molar-refractivity contribution in [1.29, 1.82) is 0 Å². The van der Waals surface area contributed by atoms with Gasteiger partial charge in [-0.25, -0.2) is 0 Å². The number of hydrogen-bond acceptors (Lipinski definition) is 5. The fourth-order valence-corrected chi connectivity index (χ4v) is 2.30. The highest BCUT2D eigenvalue weighted by Gasteiger charge is 2.25. The number of aliphatic hydroxyl groups excluding tert-OH is 1. The van der Waals surface area contributed by atoms with E-state index in [0.29, 0.717) is 31.8 Å². The van der Waals surface area contributed by atoms with Gasteiger partial charge in [-0.1, -0.05) is 0 Å². The molecule has 19 heavy (non-hydrogen) atoms. The second-order valence-corrected chi connectivity index (χ2v) is 4.65. The molecule has 2 atom stereocenters. The van der Waals surface area contributed by atoms with Crippen LogP contribution < -0.4 is 4.74 Å². The predicted octanol–water partition coefficient (Wildman–Crippen LogP) is 1.54. The van der Waals surface area contributed by atoms with Crippen molar-refractivity contribution in [1.82, 2.24) is 0 Å². The highest BCUT2D eigenvalue weighted by atomic mass is 16.6. The third kappa shape index (κ3) is 3.21. The molecule has 1 aliphatic rings. The summed E-state index contributed by atoms with van der Waals surface area (Å²) in [6, 6.07) is 4.50. The van der Waals surface area contributed by atoms with Gasteiger partial charge in [0.15, 0.2) is 0 Å². The van der Waals surface area contributed by atoms with Crippen LogP contribution in [0.4, 0.5) is 5.69 Å². The van der Waals surface area contributed by atoms with E-state index in [1.165, 1.54) is 19.2 Å². The van der Waals surface area contributed by atoms with Crippen LogP contribution in [-0.2, 0) is 11.2 Å². The summed E-state index contributed by atoms with van der Waals surface area (Å²) in [4.78, 5) is 10.4. The molecule has 1 N–H and O–H groups in total. The SMILES string of the molecule is COc1ccc([N+](=O)[O-])cc1CC1COCCC1O. The second-order valence-electron chi connectivity index (χ2n) is 4.65. The lowest BCUT2D eigenvalue weighted by Crippen LogP contribution is -2.33. The van der Waals surface area contributed by atoms with E-state index in [0.717, 1.165) is 5.56 Å². The standard InChI is InChI=1S/C13H17NO5/c1-18-13-3-2-11(14(16)17)7-9(13)6-10-8-19-5-4-12(10)15/h2-3,7,10,12,15H,4-6,8H2,1H3. The molecule has 6 nitrogen and oxygen atoms in total. The average molecular weight is 267 g/mol. The van der Waals surface area contributed by atoms with E-state index in [9.17, 15) is 15.2 Å². The zero-order chi connectivity index (χ0) is 13.8. The number of aliphatic hydroxyl groups is 1. The third-order valence-electron chi connectivity index (χ3n) is 3.39. The van der Waals surface area contributed by atoms with Gasteiger partial charge < -0.3 is 14.6 Å². The van der Waals surface area contributed by atoms with Crippen LogP contribution >= 0.6 is 0 Å². The summed E-state index contributed by atoms with van der Waals surface area (Å²) in [7, 11) is 1.53. The number of nitro benzene ring substituents is 1. The number of ether oxygens (including phenoxy) is 2. The number of methoxy groups -OCH3 is 1. The van der Waals surface area contributed by atoms with Crippen LogP contribution in [0.25, 0.3) is 0 Å². The van der Waals surface area contributed by atoms with Crippen LogP contribution in [-0.4, -0.2) is 36.5 Å². The van der Waals surface area contributed by atoms with Gasteiger partial charge in [0.05, 0.1) is 24.7 Å². The van der Waals surface area contributed by atoms with Crippen molar-refractivity contribution < 1.29 is 19.5 Å². The molecule has 0 aromatic heterocycles. The summed E-state index contributed by atoms with van der Waals surface area (Å²) in [6.45, 7) is 1.02. The molecule has 2 rings (SSSR count). The number of nitrogens with zero attached hydrogens (tertiary/aromatic N) is 1. The fourth-order valence-electron chi connectivity index (χ4n) is 2.30. The number of benzene rings is 1. The van der Waals surface area contributed by atoms with Gasteiger partial charge in [0, 0.05) is 30.2 Å². The number of nitro groups is 1. The number of hydrogen-bond donors (Lipinski definition) is 1. The molecule has 0 saturated carbocycles. The fraction of sp³-hybridized carbons (Fsp3) is 0.538. The van der Waals surface area contributed by atoms with Crippen LogP contribution in [0.5, 0.6) is 5.75 Å². The van der Waals surface area contributed by atoms with Gasteiger partial charge in [0.1, 0.15) is 5.75 Å². The Hall–Kier alpha value is -1.66. The summed E-state index contributed by atoms with van der Waals surface area (Å²) in [5.74, 6) is 0.549. The van der Waals surface area contributed by atoms with E-state index >= 15 is 0 Å². The molecule has 1 aliphatic heterocycles. The molecule has 0 aliphatic carbocycles. The van der Waals surface area contributed by atoms with E-state index in [2.05, 4.69) is 0 Å². The molecule has 104 valence electrons. The molecule has 6 heteroatoms. The Balaban J connectivity index is 2.21. The van der Waals surface area contributed by atoms with Crippen molar-refractivity contribution >= 4 is 5.69 Å². The smallest absolute Gasteiger partial charge is 0.269 e. The molecule has 1 aromatic rings. The first-order valence-electron chi connectivity index (χ1n) is 6.19. The Labute approximate surface area is 111 Å². The van der Waals surface area contributed by atoms with Gasteiger partial charge in [0.25, 0.3) is 5.69 Å². The van der Waals surface area contributed by atoms with Crippen molar-refractivity contribution in [2.45, 2.75) is 18.9 Å². The Morgan fingerprint density at radius 1 is 1.58 bits per heavy atom. The van der Waals surface area contributed by atoms with Gasteiger partial charge in [-0.2, -0.15) is 0 Å². The first-order valence-corrected chi connectivity index (χ1v) is 6.19. The maximum Gasteiger partial charge on any atom is 0.269 e. The van der Waals surface area contributed by atoms with E-state index < -0.39 is 11.0 Å². The van der Waals surface area contributed by atoms with Crippen molar-refractivity contribution in [3.05, 3.63) is 33.9 Å². The first-order chi connectivity index (χ1) is 9.11. The van der Waals surface area contributed by atoms with Crippen molar-refractivity contribution in [3.8, 4) is 5.75 Å². The lowest BCUT2D eigenvalue weighted by Gasteiger charge is -2.28. The van der Waals surface area contributed by atoms with E-state index in [1.807, 2.05) is 0 Å². The molecule has 1 heterocycles. The Morgan fingerprint density at radius 3 is 3.00 bits per heavy atom. The van der Waals surface area contributed by atoms with E-state index in [1.54, 1.807) is 6.07 Å². The first kappa shape index (κ1) is 13.8. The van der Waals surface area contributed by atoms with Crippen LogP contribution in [0.1, 0.15) is 12.0 Å². The molecular weight excluding hydrogens is 250 g/mol.